The number of para-hydroxylation sites is 1. The van der Waals surface area contributed by atoms with Gasteiger partial charge in [0.15, 0.2) is 0 Å². The Bertz CT molecular complexity index is 2640. The smallest absolute Gasteiger partial charge is 0.410 e. The number of nitrogens with one attached hydrogen (secondary N) is 2. The second-order valence-electron chi connectivity index (χ2n) is 13.1. The largest absolute Gasteiger partial charge is 0.415 e. The molecular formula is C40H33Cl3N14O4. The van der Waals surface area contributed by atoms with Crippen LogP contribution in [0.3, 0.4) is 0 Å². The van der Waals surface area contributed by atoms with E-state index >= 15 is 0 Å². The molecule has 2 N–H and O–H groups in total. The van der Waals surface area contributed by atoms with Crippen molar-refractivity contribution in [3.8, 4) is 11.5 Å². The fourth-order valence-corrected chi connectivity index (χ4v) is 6.63. The first-order valence-electron chi connectivity index (χ1n) is 18.0. The lowest BCUT2D eigenvalue weighted by molar-refractivity contribution is 0.160. The topological polar surface area (TPSA) is 232 Å². The first-order chi connectivity index (χ1) is 29.5. The molecule has 4 aromatic carbocycles. The van der Waals surface area contributed by atoms with Crippen molar-refractivity contribution in [1.82, 2.24) is 29.7 Å². The van der Waals surface area contributed by atoms with Gasteiger partial charge in [0, 0.05) is 77.5 Å². The Balaban J connectivity index is 1.25. The molecule has 18 nitrogen and oxygen atoms in total. The maximum atomic E-state index is 13.6. The Morgan fingerprint density at radius 3 is 1.79 bits per heavy atom. The number of carbonyl (C=O) groups is 2. The number of hydrogen-bond donors (Lipinski definition) is 2. The lowest BCUT2D eigenvalue weighted by Crippen LogP contribution is -2.30. The normalized spacial score (nSPS) is 11.5. The molecular weight excluding hydrogens is 847 g/mol. The lowest BCUT2D eigenvalue weighted by Gasteiger charge is -2.25. The van der Waals surface area contributed by atoms with E-state index in [1.165, 1.54) is 22.2 Å². The quantitative estimate of drug-likeness (QED) is 0.0596. The Morgan fingerprint density at radius 2 is 1.20 bits per heavy atom. The lowest BCUT2D eigenvalue weighted by atomic mass is 9.97. The summed E-state index contributed by atoms with van der Waals surface area (Å²) in [5.74, 6) is 0.780. The van der Waals surface area contributed by atoms with Crippen LogP contribution in [0.4, 0.5) is 32.9 Å². The number of benzene rings is 4. The van der Waals surface area contributed by atoms with Gasteiger partial charge < -0.3 is 29.9 Å². The number of carbonyl (C=O) groups excluding carboxylic acids is 2. The summed E-state index contributed by atoms with van der Waals surface area (Å²) in [5.41, 5.74) is 21.0. The molecule has 2 unspecified atom stereocenters. The summed E-state index contributed by atoms with van der Waals surface area (Å²) in [6.45, 7) is 0.0449. The molecule has 0 radical (unpaired) electrons. The summed E-state index contributed by atoms with van der Waals surface area (Å²) >= 11 is 19.9. The Hall–Kier alpha value is -7.33. The van der Waals surface area contributed by atoms with Crippen LogP contribution in [0.25, 0.3) is 20.9 Å². The summed E-state index contributed by atoms with van der Waals surface area (Å²) in [6, 6.07) is 21.5. The Kier molecular flexibility index (Phi) is 14.2. The van der Waals surface area contributed by atoms with Gasteiger partial charge in [-0.1, -0.05) is 99.6 Å². The number of amides is 2. The molecule has 6 rings (SSSR count). The molecule has 0 bridgehead atoms. The van der Waals surface area contributed by atoms with Crippen molar-refractivity contribution in [2.24, 2.45) is 10.2 Å². The van der Waals surface area contributed by atoms with Crippen molar-refractivity contribution >= 4 is 70.3 Å². The molecule has 0 aliphatic rings. The van der Waals surface area contributed by atoms with Crippen LogP contribution in [0.1, 0.15) is 39.9 Å². The number of halogens is 3. The van der Waals surface area contributed by atoms with E-state index in [1.807, 2.05) is 0 Å². The van der Waals surface area contributed by atoms with Gasteiger partial charge in [0.1, 0.15) is 11.5 Å². The molecule has 0 spiro atoms. The average molecular weight is 880 g/mol. The predicted octanol–water partition coefficient (Wildman–Crippen LogP) is 11.2. The fraction of sp³-hybridized carbons (Fsp3) is 0.150. The number of nitrogens with zero attached hydrogens (tertiary/aromatic N) is 12. The minimum absolute atomic E-state index is 0.0449. The third kappa shape index (κ3) is 10.7. The molecule has 308 valence electrons. The molecule has 0 aliphatic heterocycles. The van der Waals surface area contributed by atoms with Gasteiger partial charge >= 0.3 is 12.2 Å². The van der Waals surface area contributed by atoms with Gasteiger partial charge in [0.2, 0.25) is 11.9 Å². The van der Waals surface area contributed by atoms with E-state index in [4.69, 9.17) is 55.3 Å². The predicted molar refractivity (Wildman–Crippen MR) is 231 cm³/mol. The van der Waals surface area contributed by atoms with Crippen molar-refractivity contribution in [2.45, 2.75) is 18.6 Å². The summed E-state index contributed by atoms with van der Waals surface area (Å²) < 4.78 is 11.6. The molecule has 2 heterocycles. The Labute approximate surface area is 363 Å². The molecule has 2 aromatic heterocycles. The average Bonchev–Trinajstić information content (AvgIpc) is 3.25. The van der Waals surface area contributed by atoms with Crippen LogP contribution >= 0.6 is 34.8 Å². The van der Waals surface area contributed by atoms with Gasteiger partial charge in [-0.05, 0) is 52.5 Å². The highest BCUT2D eigenvalue weighted by molar-refractivity contribution is 6.34. The van der Waals surface area contributed by atoms with Crippen molar-refractivity contribution in [2.75, 3.05) is 31.8 Å². The first-order valence-corrected chi connectivity index (χ1v) is 19.1. The van der Waals surface area contributed by atoms with Crippen molar-refractivity contribution in [1.29, 1.82) is 0 Å². The summed E-state index contributed by atoms with van der Waals surface area (Å²) in [6.07, 6.45) is 4.84. The first kappa shape index (κ1) is 43.3. The van der Waals surface area contributed by atoms with Gasteiger partial charge in [-0.25, -0.2) is 29.5 Å². The molecule has 0 saturated heterocycles. The van der Waals surface area contributed by atoms with E-state index in [0.29, 0.717) is 32.8 Å². The van der Waals surface area contributed by atoms with Crippen molar-refractivity contribution in [3.63, 3.8) is 0 Å². The molecule has 0 fully saturated rings. The SMILES string of the molecule is CN(C)C(=O)Oc1ccc(Cl)cc1C(Nc1ncc(CN(C)C(=O)Oc2ccccc2C(Nc2ncccn2)c2cccc(N=[N+]=[N-])c2Cl)cn1)c1cccc(N=[N+]=[N-])c1Cl. The second-order valence-corrected chi connectivity index (χ2v) is 14.3. The van der Waals surface area contributed by atoms with E-state index in [2.05, 4.69) is 50.6 Å². The number of azide groups is 2. The molecule has 21 heteroatoms. The van der Waals surface area contributed by atoms with E-state index < -0.39 is 24.3 Å². The van der Waals surface area contributed by atoms with E-state index in [9.17, 15) is 9.59 Å². The zero-order valence-electron chi connectivity index (χ0n) is 32.4. The minimum Gasteiger partial charge on any atom is -0.410 e. The summed E-state index contributed by atoms with van der Waals surface area (Å²) in [7, 11) is 4.64. The van der Waals surface area contributed by atoms with Crippen molar-refractivity contribution in [3.05, 3.63) is 173 Å². The van der Waals surface area contributed by atoms with E-state index in [1.54, 1.807) is 118 Å². The van der Waals surface area contributed by atoms with Gasteiger partial charge in [0.25, 0.3) is 0 Å². The standard InChI is InChI=1S/C40H33Cl3N14O4/c1-56(2)39(58)60-32-16-15-24(41)19-28(32)36(27-11-7-13-30(34(27)43)53-55-45)51-38-48-20-23(21-49-38)22-57(3)40(59)61-31-14-5-4-9-25(31)35(50-37-46-17-8-18-47-37)26-10-6-12-29(33(26)42)52-54-44/h4-21,35-36H,22H2,1-3H3,(H,46,47,50)(H,48,49,51). The van der Waals surface area contributed by atoms with Gasteiger partial charge in [0.05, 0.1) is 40.0 Å². The number of rotatable bonds is 14. The monoisotopic (exact) mass is 878 g/mol. The third-order valence-corrected chi connectivity index (χ3v) is 9.82. The minimum atomic E-state index is -0.878. The van der Waals surface area contributed by atoms with Crippen LogP contribution in [0.15, 0.2) is 120 Å². The van der Waals surface area contributed by atoms with E-state index in [0.717, 1.165) is 0 Å². The van der Waals surface area contributed by atoms with Crippen LogP contribution in [0, 0.1) is 0 Å². The maximum Gasteiger partial charge on any atom is 0.415 e. The van der Waals surface area contributed by atoms with Gasteiger partial charge in [-0.2, -0.15) is 0 Å². The van der Waals surface area contributed by atoms with E-state index in [-0.39, 0.29) is 51.4 Å². The number of ether oxygens (including phenoxy) is 2. The zero-order valence-corrected chi connectivity index (χ0v) is 34.7. The van der Waals surface area contributed by atoms with Gasteiger partial charge in [-0.3, -0.25) is 0 Å². The maximum absolute atomic E-state index is 13.6. The molecule has 2 amide bonds. The highest BCUT2D eigenvalue weighted by atomic mass is 35.5. The summed E-state index contributed by atoms with van der Waals surface area (Å²) in [5, 5.41) is 14.5. The second kappa shape index (κ2) is 20.1. The molecule has 0 aliphatic carbocycles. The van der Waals surface area contributed by atoms with Crippen LogP contribution in [0.5, 0.6) is 11.5 Å². The van der Waals surface area contributed by atoms with Crippen LogP contribution in [-0.2, 0) is 6.54 Å². The highest BCUT2D eigenvalue weighted by Gasteiger charge is 2.27. The number of hydrogen-bond acceptors (Lipinski definition) is 12. The van der Waals surface area contributed by atoms with Gasteiger partial charge in [-0.15, -0.1) is 0 Å². The molecule has 6 aromatic rings. The molecule has 2 atom stereocenters. The number of anilines is 2. The van der Waals surface area contributed by atoms with Crippen LogP contribution in [-0.4, -0.2) is 63.1 Å². The van der Waals surface area contributed by atoms with Crippen molar-refractivity contribution < 1.29 is 19.1 Å². The van der Waals surface area contributed by atoms with Crippen LogP contribution in [0.2, 0.25) is 15.1 Å². The zero-order chi connectivity index (χ0) is 43.5. The molecule has 0 saturated carbocycles. The van der Waals surface area contributed by atoms with Crippen LogP contribution < -0.4 is 20.1 Å². The third-order valence-electron chi connectivity index (χ3n) is 8.77. The summed E-state index contributed by atoms with van der Waals surface area (Å²) in [4.78, 5) is 52.2. The number of aromatic nitrogens is 4. The Morgan fingerprint density at radius 1 is 0.672 bits per heavy atom. The molecule has 61 heavy (non-hydrogen) atoms. The fourth-order valence-electron chi connectivity index (χ4n) is 5.91. The highest BCUT2D eigenvalue weighted by Crippen LogP contribution is 2.42.